The summed E-state index contributed by atoms with van der Waals surface area (Å²) in [5, 5.41) is 1.64. The molecular formula is C26H29N4O5+. The van der Waals surface area contributed by atoms with E-state index in [2.05, 4.69) is 29.8 Å². The molecule has 1 aromatic rings. The normalized spacial score (nSPS) is 16.5. The Bertz CT molecular complexity index is 1350. The van der Waals surface area contributed by atoms with Crippen LogP contribution in [0.25, 0.3) is 22.6 Å². The highest BCUT2D eigenvalue weighted by molar-refractivity contribution is 6.01. The van der Waals surface area contributed by atoms with Crippen LogP contribution in [0.5, 0.6) is 0 Å². The number of anilines is 1. The molecule has 1 fully saturated rings. The summed E-state index contributed by atoms with van der Waals surface area (Å²) in [5.74, 6) is -0.757. The fourth-order valence-electron chi connectivity index (χ4n) is 4.77. The van der Waals surface area contributed by atoms with E-state index in [1.54, 1.807) is 0 Å². The number of hydrogen-bond acceptors (Lipinski definition) is 7. The molecule has 0 atom stereocenters. The minimum Gasteiger partial charge on any atom is -0.452 e. The summed E-state index contributed by atoms with van der Waals surface area (Å²) in [6.45, 7) is 6.48. The third kappa shape index (κ3) is 4.62. The molecule has 1 saturated heterocycles. The molecule has 1 N–H and O–H groups in total. The fraction of sp³-hybridized carbons (Fsp3) is 0.423. The van der Waals surface area contributed by atoms with Gasteiger partial charge in [-0.25, -0.2) is 14.8 Å². The van der Waals surface area contributed by atoms with E-state index in [0.29, 0.717) is 18.0 Å². The minimum absolute atomic E-state index is 0.0931. The zero-order chi connectivity index (χ0) is 24.5. The van der Waals surface area contributed by atoms with Crippen molar-refractivity contribution in [3.63, 3.8) is 0 Å². The lowest BCUT2D eigenvalue weighted by atomic mass is 10.0. The van der Waals surface area contributed by atoms with Gasteiger partial charge < -0.3 is 14.2 Å². The van der Waals surface area contributed by atoms with Gasteiger partial charge >= 0.3 is 5.97 Å². The van der Waals surface area contributed by atoms with Crippen molar-refractivity contribution in [1.29, 1.82) is 0 Å². The SMILES string of the molecule is CC[NH+]=c1cc2oc3cc4c(cc3nc-2cc1C)CCCN4CCCC(=O)ON1C(=O)CCC1=O. The van der Waals surface area contributed by atoms with Gasteiger partial charge in [0.1, 0.15) is 17.8 Å². The van der Waals surface area contributed by atoms with Gasteiger partial charge in [-0.2, -0.15) is 0 Å². The van der Waals surface area contributed by atoms with Gasteiger partial charge in [-0.1, -0.05) is 0 Å². The smallest absolute Gasteiger partial charge is 0.333 e. The van der Waals surface area contributed by atoms with Crippen LogP contribution < -0.4 is 15.2 Å². The summed E-state index contributed by atoms with van der Waals surface area (Å²) < 4.78 is 6.27. The Morgan fingerprint density at radius 2 is 1.94 bits per heavy atom. The fourth-order valence-corrected chi connectivity index (χ4v) is 4.77. The van der Waals surface area contributed by atoms with Crippen molar-refractivity contribution in [2.24, 2.45) is 0 Å². The molecule has 4 aliphatic rings. The van der Waals surface area contributed by atoms with Crippen molar-refractivity contribution in [1.82, 2.24) is 10.0 Å². The van der Waals surface area contributed by atoms with E-state index in [1.807, 2.05) is 18.2 Å². The van der Waals surface area contributed by atoms with E-state index in [9.17, 15) is 14.4 Å². The molecule has 0 aromatic heterocycles. The van der Waals surface area contributed by atoms with Gasteiger partial charge in [-0.05, 0) is 50.8 Å². The summed E-state index contributed by atoms with van der Waals surface area (Å²) in [6, 6.07) is 8.19. The highest BCUT2D eigenvalue weighted by Gasteiger charge is 2.32. The lowest BCUT2D eigenvalue weighted by molar-refractivity contribution is -0.496. The number of hydrogen-bond donors (Lipinski definition) is 1. The summed E-state index contributed by atoms with van der Waals surface area (Å²) in [5.41, 5.74) is 5.81. The number of carbonyl (C=O) groups is 3. The molecule has 9 nitrogen and oxygen atoms in total. The molecule has 3 heterocycles. The largest absolute Gasteiger partial charge is 0.452 e. The maximum atomic E-state index is 12.2. The van der Waals surface area contributed by atoms with Crippen molar-refractivity contribution < 1.29 is 28.6 Å². The molecule has 5 rings (SSSR count). The number of nitrogens with zero attached hydrogens (tertiary/aromatic N) is 3. The average molecular weight is 478 g/mol. The molecule has 3 aliphatic heterocycles. The number of carbonyl (C=O) groups excluding carboxylic acids is 3. The number of rotatable bonds is 6. The van der Waals surface area contributed by atoms with E-state index >= 15 is 0 Å². The Labute approximate surface area is 202 Å². The highest BCUT2D eigenvalue weighted by atomic mass is 16.7. The third-order valence-corrected chi connectivity index (χ3v) is 6.52. The monoisotopic (exact) mass is 477 g/mol. The van der Waals surface area contributed by atoms with Crippen LogP contribution in [0, 0.1) is 6.92 Å². The number of benzene rings is 2. The molecule has 0 bridgehead atoms. The molecule has 0 unspecified atom stereocenters. The van der Waals surface area contributed by atoms with Crippen LogP contribution in [0.4, 0.5) is 5.69 Å². The van der Waals surface area contributed by atoms with Crippen LogP contribution in [0.2, 0.25) is 0 Å². The van der Waals surface area contributed by atoms with E-state index in [1.165, 1.54) is 5.56 Å². The zero-order valence-electron chi connectivity index (χ0n) is 20.1. The third-order valence-electron chi connectivity index (χ3n) is 6.52. The Morgan fingerprint density at radius 3 is 2.71 bits per heavy atom. The van der Waals surface area contributed by atoms with Gasteiger partial charge in [0.15, 0.2) is 11.3 Å². The van der Waals surface area contributed by atoms with E-state index in [0.717, 1.165) is 65.1 Å². The van der Waals surface area contributed by atoms with Gasteiger partial charge in [0.05, 0.1) is 6.07 Å². The van der Waals surface area contributed by atoms with Crippen molar-refractivity contribution in [2.45, 2.75) is 52.4 Å². The summed E-state index contributed by atoms with van der Waals surface area (Å²) in [7, 11) is 0. The topological polar surface area (TPSA) is 107 Å². The summed E-state index contributed by atoms with van der Waals surface area (Å²) in [6.07, 6.45) is 2.83. The van der Waals surface area contributed by atoms with Gasteiger partial charge in [0.2, 0.25) is 5.36 Å². The second-order valence-electron chi connectivity index (χ2n) is 9.07. The molecular weight excluding hydrogens is 448 g/mol. The summed E-state index contributed by atoms with van der Waals surface area (Å²) >= 11 is 0. The van der Waals surface area contributed by atoms with Crippen LogP contribution in [0.1, 0.15) is 50.2 Å². The standard InChI is InChI=1S/C26H28N4O5/c1-3-27-18-14-22-19(12-16(18)2)28-20-13-17-6-4-10-29(21(17)15-23(20)34-22)11-5-7-26(33)35-30-24(31)8-9-25(30)32/h12-15H,3-11H2,1-2H3/p+1. The van der Waals surface area contributed by atoms with Crippen molar-refractivity contribution in [2.75, 3.05) is 24.5 Å². The number of nitrogens with one attached hydrogen (secondary N) is 1. The van der Waals surface area contributed by atoms with Crippen LogP contribution in [0.15, 0.2) is 28.7 Å². The molecule has 0 spiro atoms. The molecule has 1 aromatic carbocycles. The molecule has 9 heteroatoms. The van der Waals surface area contributed by atoms with Crippen LogP contribution in [0.3, 0.4) is 0 Å². The number of imide groups is 1. The van der Waals surface area contributed by atoms with Gasteiger partial charge in [-0.3, -0.25) is 9.59 Å². The molecule has 0 radical (unpaired) electrons. The lowest BCUT2D eigenvalue weighted by Crippen LogP contribution is -2.76. The molecule has 1 aliphatic carbocycles. The first kappa shape index (κ1) is 23.0. The second kappa shape index (κ2) is 9.48. The van der Waals surface area contributed by atoms with Crippen LogP contribution in [-0.4, -0.2) is 47.5 Å². The maximum Gasteiger partial charge on any atom is 0.333 e. The number of fused-ring (bicyclic) bond motifs is 3. The predicted octanol–water partition coefficient (Wildman–Crippen LogP) is 1.38. The Hall–Kier alpha value is -3.75. The first-order chi connectivity index (χ1) is 16.9. The lowest BCUT2D eigenvalue weighted by Gasteiger charge is -2.31. The van der Waals surface area contributed by atoms with Crippen LogP contribution >= 0.6 is 0 Å². The average Bonchev–Trinajstić information content (AvgIpc) is 3.14. The van der Waals surface area contributed by atoms with Gasteiger partial charge in [0, 0.05) is 49.7 Å². The van der Waals surface area contributed by atoms with E-state index in [4.69, 9.17) is 14.2 Å². The second-order valence-corrected chi connectivity index (χ2v) is 9.07. The highest BCUT2D eigenvalue weighted by Crippen LogP contribution is 2.33. The first-order valence-corrected chi connectivity index (χ1v) is 12.2. The minimum atomic E-state index is -0.568. The van der Waals surface area contributed by atoms with E-state index in [-0.39, 0.29) is 19.3 Å². The Balaban J connectivity index is 1.34. The van der Waals surface area contributed by atoms with Gasteiger partial charge in [0.25, 0.3) is 11.8 Å². The Kier molecular flexibility index (Phi) is 6.23. The van der Waals surface area contributed by atoms with Crippen LogP contribution in [-0.2, 0) is 25.6 Å². The first-order valence-electron chi connectivity index (χ1n) is 12.2. The Morgan fingerprint density at radius 1 is 1.14 bits per heavy atom. The van der Waals surface area contributed by atoms with Crippen molar-refractivity contribution >= 4 is 34.6 Å². The molecule has 182 valence electrons. The van der Waals surface area contributed by atoms with Crippen molar-refractivity contribution in [3.8, 4) is 11.5 Å². The number of hydroxylamine groups is 2. The zero-order valence-corrected chi connectivity index (χ0v) is 20.1. The molecule has 35 heavy (non-hydrogen) atoms. The summed E-state index contributed by atoms with van der Waals surface area (Å²) in [4.78, 5) is 50.9. The molecule has 0 saturated carbocycles. The predicted molar refractivity (Wildman–Crippen MR) is 127 cm³/mol. The van der Waals surface area contributed by atoms with Gasteiger partial charge in [-0.15, -0.1) is 5.06 Å². The maximum absolute atomic E-state index is 12.2. The van der Waals surface area contributed by atoms with Crippen molar-refractivity contribution in [3.05, 3.63) is 40.7 Å². The number of aromatic nitrogens is 1. The number of amides is 2. The quantitative estimate of drug-likeness (QED) is 0.422. The molecule has 2 amide bonds. The van der Waals surface area contributed by atoms with E-state index < -0.39 is 17.8 Å². The number of aryl methyl sites for hydroxylation is 2.